The molecule has 2 aromatic heterocycles. The normalized spacial score (nSPS) is 13.0. The Morgan fingerprint density at radius 1 is 1.36 bits per heavy atom. The fourth-order valence-electron chi connectivity index (χ4n) is 1.91. The summed E-state index contributed by atoms with van der Waals surface area (Å²) in [5.74, 6) is 0.247. The van der Waals surface area contributed by atoms with Gasteiger partial charge in [-0.1, -0.05) is 0 Å². The van der Waals surface area contributed by atoms with E-state index in [-0.39, 0.29) is 24.3 Å². The van der Waals surface area contributed by atoms with Crippen LogP contribution in [0.1, 0.15) is 28.8 Å². The molecule has 1 atom stereocenters. The van der Waals surface area contributed by atoms with Crippen LogP contribution in [-0.4, -0.2) is 26.6 Å². The number of carbonyl (C=O) groups is 1. The molecule has 2 N–H and O–H groups in total. The molecule has 2 aromatic rings. The zero-order valence-electron chi connectivity index (χ0n) is 12.3. The first-order valence-corrected chi connectivity index (χ1v) is 9.52. The lowest BCUT2D eigenvalue weighted by atomic mass is 10.1. The summed E-state index contributed by atoms with van der Waals surface area (Å²) >= 11 is 1.62. The first kappa shape index (κ1) is 16.7. The number of sulfonamides is 1. The number of furan rings is 1. The van der Waals surface area contributed by atoms with E-state index >= 15 is 0 Å². The summed E-state index contributed by atoms with van der Waals surface area (Å²) in [4.78, 5) is 12.1. The van der Waals surface area contributed by atoms with Crippen LogP contribution in [-0.2, 0) is 23.0 Å². The molecule has 2 rings (SSSR count). The van der Waals surface area contributed by atoms with Gasteiger partial charge in [0.05, 0.1) is 12.8 Å². The molecule has 6 nitrogen and oxygen atoms in total. The molecule has 0 aliphatic rings. The van der Waals surface area contributed by atoms with Gasteiger partial charge in [0.2, 0.25) is 10.0 Å². The Hall–Kier alpha value is -1.64. The van der Waals surface area contributed by atoms with Gasteiger partial charge in [0.15, 0.2) is 5.76 Å². The van der Waals surface area contributed by atoms with Crippen molar-refractivity contribution in [3.05, 3.63) is 46.0 Å². The van der Waals surface area contributed by atoms with Crippen molar-refractivity contribution in [3.63, 3.8) is 0 Å². The third-order valence-corrected chi connectivity index (χ3v) is 4.29. The van der Waals surface area contributed by atoms with Crippen molar-refractivity contribution in [1.29, 1.82) is 0 Å². The molecule has 22 heavy (non-hydrogen) atoms. The summed E-state index contributed by atoms with van der Waals surface area (Å²) in [7, 11) is -3.29. The number of hydrogen-bond donors (Lipinski definition) is 2. The Balaban J connectivity index is 1.88. The Morgan fingerprint density at radius 2 is 2.14 bits per heavy atom. The van der Waals surface area contributed by atoms with E-state index in [0.717, 1.165) is 12.7 Å². The van der Waals surface area contributed by atoms with Crippen molar-refractivity contribution in [1.82, 2.24) is 10.0 Å². The largest absolute Gasteiger partial charge is 0.455 e. The van der Waals surface area contributed by atoms with Gasteiger partial charge in [-0.05, 0) is 47.9 Å². The van der Waals surface area contributed by atoms with E-state index < -0.39 is 10.0 Å². The molecule has 0 aliphatic carbocycles. The van der Waals surface area contributed by atoms with E-state index in [1.54, 1.807) is 17.4 Å². The number of amides is 1. The molecule has 8 heteroatoms. The van der Waals surface area contributed by atoms with Gasteiger partial charge in [-0.3, -0.25) is 4.79 Å². The smallest absolute Gasteiger partial charge is 0.287 e. The van der Waals surface area contributed by atoms with Crippen molar-refractivity contribution >= 4 is 27.3 Å². The summed E-state index contributed by atoms with van der Waals surface area (Å²) < 4.78 is 29.7. The Kier molecular flexibility index (Phi) is 5.38. The van der Waals surface area contributed by atoms with Gasteiger partial charge in [-0.2, -0.15) is 11.3 Å². The average molecular weight is 342 g/mol. The maximum absolute atomic E-state index is 12.1. The lowest BCUT2D eigenvalue weighted by Gasteiger charge is -2.11. The maximum Gasteiger partial charge on any atom is 0.287 e. The van der Waals surface area contributed by atoms with Crippen LogP contribution in [0.25, 0.3) is 0 Å². The Morgan fingerprint density at radius 3 is 2.77 bits per heavy atom. The fourth-order valence-corrected chi connectivity index (χ4v) is 2.99. The van der Waals surface area contributed by atoms with Crippen LogP contribution >= 0.6 is 11.3 Å². The molecule has 0 fully saturated rings. The van der Waals surface area contributed by atoms with Gasteiger partial charge in [-0.25, -0.2) is 13.1 Å². The second-order valence-electron chi connectivity index (χ2n) is 5.07. The van der Waals surface area contributed by atoms with Gasteiger partial charge in [0, 0.05) is 6.04 Å². The van der Waals surface area contributed by atoms with Crippen LogP contribution in [0.15, 0.2) is 33.4 Å². The average Bonchev–Trinajstić information content (AvgIpc) is 3.05. The molecule has 0 spiro atoms. The lowest BCUT2D eigenvalue weighted by molar-refractivity contribution is 0.0910. The third-order valence-electron chi connectivity index (χ3n) is 2.89. The van der Waals surface area contributed by atoms with Crippen LogP contribution in [0.5, 0.6) is 0 Å². The summed E-state index contributed by atoms with van der Waals surface area (Å²) in [6.07, 6.45) is 1.81. The quantitative estimate of drug-likeness (QED) is 0.802. The van der Waals surface area contributed by atoms with Crippen molar-refractivity contribution in [2.24, 2.45) is 0 Å². The van der Waals surface area contributed by atoms with Crippen LogP contribution < -0.4 is 10.0 Å². The van der Waals surface area contributed by atoms with Gasteiger partial charge in [0.1, 0.15) is 5.76 Å². The Bertz CT molecular complexity index is 720. The fraction of sp³-hybridized carbons (Fsp3) is 0.357. The SMILES string of the molecule is CC(Cc1ccsc1)NC(=O)c1ccc(CNS(C)(=O)=O)o1. The van der Waals surface area contributed by atoms with Crippen molar-refractivity contribution in [2.75, 3.05) is 6.26 Å². The van der Waals surface area contributed by atoms with Crippen molar-refractivity contribution in [3.8, 4) is 0 Å². The zero-order chi connectivity index (χ0) is 16.2. The number of hydrogen-bond acceptors (Lipinski definition) is 5. The molecular formula is C14H18N2O4S2. The third kappa shape index (κ3) is 5.28. The Labute approximate surface area is 133 Å². The highest BCUT2D eigenvalue weighted by Gasteiger charge is 2.15. The van der Waals surface area contributed by atoms with E-state index in [9.17, 15) is 13.2 Å². The van der Waals surface area contributed by atoms with Gasteiger partial charge < -0.3 is 9.73 Å². The second-order valence-corrected chi connectivity index (χ2v) is 7.68. The predicted molar refractivity (Wildman–Crippen MR) is 85.3 cm³/mol. The van der Waals surface area contributed by atoms with Gasteiger partial charge in [-0.15, -0.1) is 0 Å². The molecule has 1 amide bonds. The molecule has 0 saturated carbocycles. The number of carbonyl (C=O) groups excluding carboxylic acids is 1. The number of thiophene rings is 1. The van der Waals surface area contributed by atoms with Gasteiger partial charge in [0.25, 0.3) is 5.91 Å². The zero-order valence-corrected chi connectivity index (χ0v) is 14.0. The standard InChI is InChI=1S/C14H18N2O4S2/c1-10(7-11-5-6-21-9-11)16-14(17)13-4-3-12(20-13)8-15-22(2,18)19/h3-6,9-10,15H,7-8H2,1-2H3,(H,16,17). The maximum atomic E-state index is 12.1. The molecule has 0 radical (unpaired) electrons. The summed E-state index contributed by atoms with van der Waals surface area (Å²) in [5.41, 5.74) is 1.18. The molecule has 120 valence electrons. The minimum atomic E-state index is -3.29. The topological polar surface area (TPSA) is 88.4 Å². The second kappa shape index (κ2) is 7.08. The molecule has 0 aromatic carbocycles. The van der Waals surface area contributed by atoms with Gasteiger partial charge >= 0.3 is 0 Å². The molecule has 0 bridgehead atoms. The monoisotopic (exact) mass is 342 g/mol. The van der Waals surface area contributed by atoms with Crippen LogP contribution in [0.2, 0.25) is 0 Å². The molecule has 1 unspecified atom stereocenters. The minimum Gasteiger partial charge on any atom is -0.455 e. The number of nitrogens with one attached hydrogen (secondary N) is 2. The number of rotatable bonds is 7. The molecule has 0 saturated heterocycles. The highest BCUT2D eigenvalue weighted by Crippen LogP contribution is 2.11. The van der Waals surface area contributed by atoms with E-state index in [0.29, 0.717) is 5.76 Å². The first-order chi connectivity index (χ1) is 10.3. The molecule has 0 aliphatic heterocycles. The van der Waals surface area contributed by atoms with E-state index in [4.69, 9.17) is 4.42 Å². The van der Waals surface area contributed by atoms with Crippen LogP contribution in [0.3, 0.4) is 0 Å². The molecule has 2 heterocycles. The van der Waals surface area contributed by atoms with E-state index in [2.05, 4.69) is 10.0 Å². The highest BCUT2D eigenvalue weighted by molar-refractivity contribution is 7.88. The van der Waals surface area contributed by atoms with Crippen molar-refractivity contribution in [2.45, 2.75) is 25.9 Å². The first-order valence-electron chi connectivity index (χ1n) is 6.69. The molecular weight excluding hydrogens is 324 g/mol. The van der Waals surface area contributed by atoms with Crippen molar-refractivity contribution < 1.29 is 17.6 Å². The van der Waals surface area contributed by atoms with E-state index in [1.165, 1.54) is 11.6 Å². The van der Waals surface area contributed by atoms with E-state index in [1.807, 2.05) is 23.8 Å². The van der Waals surface area contributed by atoms with Crippen LogP contribution in [0, 0.1) is 0 Å². The summed E-state index contributed by atoms with van der Waals surface area (Å²) in [5, 5.41) is 6.90. The minimum absolute atomic E-state index is 0.0233. The lowest BCUT2D eigenvalue weighted by Crippen LogP contribution is -2.33. The van der Waals surface area contributed by atoms with Crippen LogP contribution in [0.4, 0.5) is 0 Å². The summed E-state index contributed by atoms with van der Waals surface area (Å²) in [6.45, 7) is 1.95. The summed E-state index contributed by atoms with van der Waals surface area (Å²) in [6, 6.07) is 5.11. The predicted octanol–water partition coefficient (Wildman–Crippen LogP) is 1.75. The highest BCUT2D eigenvalue weighted by atomic mass is 32.2.